The van der Waals surface area contributed by atoms with Gasteiger partial charge in [-0.25, -0.2) is 0 Å². The average Bonchev–Trinajstić information content (AvgIpc) is 2.71. The standard InChI is InChI=1S/C15H24O2/c1-3-4-5-6-10-15(16)12-17-11-14-9-7-8-13(14)2/h7-9,14H,3-6,10-12H2,1-2H3. The van der Waals surface area contributed by atoms with Crippen LogP contribution in [0.4, 0.5) is 0 Å². The summed E-state index contributed by atoms with van der Waals surface area (Å²) < 4.78 is 5.47. The van der Waals surface area contributed by atoms with E-state index in [4.69, 9.17) is 4.74 Å². The number of hydrogen-bond donors (Lipinski definition) is 0. The molecule has 0 saturated carbocycles. The van der Waals surface area contributed by atoms with Crippen LogP contribution in [-0.4, -0.2) is 19.0 Å². The molecule has 0 saturated heterocycles. The SMILES string of the molecule is CCCCCCC(=O)COCC1C=CC=C1C. The molecule has 0 aromatic heterocycles. The minimum Gasteiger partial charge on any atom is -0.373 e. The third-order valence-corrected chi connectivity index (χ3v) is 3.16. The molecule has 17 heavy (non-hydrogen) atoms. The highest BCUT2D eigenvalue weighted by Crippen LogP contribution is 2.18. The van der Waals surface area contributed by atoms with Crippen LogP contribution >= 0.6 is 0 Å². The van der Waals surface area contributed by atoms with Crippen LogP contribution in [0.25, 0.3) is 0 Å². The van der Waals surface area contributed by atoms with Gasteiger partial charge in [0, 0.05) is 12.3 Å². The molecule has 1 aliphatic carbocycles. The topological polar surface area (TPSA) is 26.3 Å². The molecule has 0 radical (unpaired) electrons. The number of ether oxygens (including phenoxy) is 1. The highest BCUT2D eigenvalue weighted by molar-refractivity contribution is 5.79. The van der Waals surface area contributed by atoms with Crippen molar-refractivity contribution in [3.63, 3.8) is 0 Å². The molecule has 0 bridgehead atoms. The van der Waals surface area contributed by atoms with Crippen molar-refractivity contribution in [1.29, 1.82) is 0 Å². The highest BCUT2D eigenvalue weighted by Gasteiger charge is 2.11. The molecular weight excluding hydrogens is 212 g/mol. The number of carbonyl (C=O) groups excluding carboxylic acids is 1. The van der Waals surface area contributed by atoms with Gasteiger partial charge in [0.2, 0.25) is 0 Å². The second-order valence-electron chi connectivity index (χ2n) is 4.77. The van der Waals surface area contributed by atoms with E-state index in [1.807, 2.05) is 0 Å². The summed E-state index contributed by atoms with van der Waals surface area (Å²) in [6.07, 6.45) is 11.6. The third-order valence-electron chi connectivity index (χ3n) is 3.16. The van der Waals surface area contributed by atoms with Crippen molar-refractivity contribution in [2.75, 3.05) is 13.2 Å². The van der Waals surface area contributed by atoms with Crippen molar-refractivity contribution in [2.45, 2.75) is 46.0 Å². The summed E-state index contributed by atoms with van der Waals surface area (Å²) in [5, 5.41) is 0. The van der Waals surface area contributed by atoms with Gasteiger partial charge in [0.25, 0.3) is 0 Å². The molecule has 1 atom stereocenters. The van der Waals surface area contributed by atoms with E-state index >= 15 is 0 Å². The Bertz CT molecular complexity index is 289. The van der Waals surface area contributed by atoms with Crippen LogP contribution in [0.15, 0.2) is 23.8 Å². The van der Waals surface area contributed by atoms with Crippen molar-refractivity contribution >= 4 is 5.78 Å². The van der Waals surface area contributed by atoms with E-state index in [1.54, 1.807) is 0 Å². The summed E-state index contributed by atoms with van der Waals surface area (Å²) in [6.45, 7) is 5.19. The Morgan fingerprint density at radius 2 is 2.18 bits per heavy atom. The summed E-state index contributed by atoms with van der Waals surface area (Å²) >= 11 is 0. The zero-order valence-corrected chi connectivity index (χ0v) is 11.1. The largest absolute Gasteiger partial charge is 0.373 e. The molecule has 2 heteroatoms. The Kier molecular flexibility index (Phi) is 6.87. The summed E-state index contributed by atoms with van der Waals surface area (Å²) in [5.74, 6) is 0.618. The first-order valence-electron chi connectivity index (χ1n) is 6.68. The number of rotatable bonds is 9. The Balaban J connectivity index is 2.00. The van der Waals surface area contributed by atoms with E-state index in [1.165, 1.54) is 18.4 Å². The van der Waals surface area contributed by atoms with Crippen molar-refractivity contribution < 1.29 is 9.53 Å². The summed E-state index contributed by atoms with van der Waals surface area (Å²) in [5.41, 5.74) is 1.32. The molecule has 1 unspecified atom stereocenters. The first-order chi connectivity index (χ1) is 8.24. The molecule has 1 rings (SSSR count). The van der Waals surface area contributed by atoms with Crippen LogP contribution in [0.3, 0.4) is 0 Å². The van der Waals surface area contributed by atoms with Crippen molar-refractivity contribution in [1.82, 2.24) is 0 Å². The van der Waals surface area contributed by atoms with Crippen molar-refractivity contribution in [3.05, 3.63) is 23.8 Å². The van der Waals surface area contributed by atoms with Gasteiger partial charge in [-0.2, -0.15) is 0 Å². The lowest BCUT2D eigenvalue weighted by atomic mass is 10.1. The lowest BCUT2D eigenvalue weighted by molar-refractivity contribution is -0.123. The monoisotopic (exact) mass is 236 g/mol. The lowest BCUT2D eigenvalue weighted by Crippen LogP contribution is -2.13. The van der Waals surface area contributed by atoms with Crippen LogP contribution in [0.1, 0.15) is 46.0 Å². The smallest absolute Gasteiger partial charge is 0.158 e. The maximum atomic E-state index is 11.5. The molecule has 0 spiro atoms. The molecule has 2 nitrogen and oxygen atoms in total. The number of carbonyl (C=O) groups is 1. The van der Waals surface area contributed by atoms with E-state index in [-0.39, 0.29) is 12.4 Å². The number of ketones is 1. The molecule has 0 fully saturated rings. The maximum Gasteiger partial charge on any atom is 0.158 e. The van der Waals surface area contributed by atoms with Crippen LogP contribution in [-0.2, 0) is 9.53 Å². The fraction of sp³-hybridized carbons (Fsp3) is 0.667. The molecule has 1 aliphatic rings. The van der Waals surface area contributed by atoms with E-state index in [9.17, 15) is 4.79 Å². The van der Waals surface area contributed by atoms with Crippen LogP contribution in [0.2, 0.25) is 0 Å². The molecule has 0 amide bonds. The normalized spacial score (nSPS) is 18.5. The van der Waals surface area contributed by atoms with Crippen molar-refractivity contribution in [2.24, 2.45) is 5.92 Å². The van der Waals surface area contributed by atoms with Crippen LogP contribution in [0.5, 0.6) is 0 Å². The van der Waals surface area contributed by atoms with Gasteiger partial charge in [-0.05, 0) is 13.3 Å². The van der Waals surface area contributed by atoms with Gasteiger partial charge in [0.15, 0.2) is 5.78 Å². The number of hydrogen-bond acceptors (Lipinski definition) is 2. The second kappa shape index (κ2) is 8.24. The molecule has 0 aromatic rings. The fourth-order valence-corrected chi connectivity index (χ4v) is 1.92. The average molecular weight is 236 g/mol. The van der Waals surface area contributed by atoms with Gasteiger partial charge in [0.05, 0.1) is 6.61 Å². The van der Waals surface area contributed by atoms with E-state index in [0.717, 1.165) is 12.8 Å². The van der Waals surface area contributed by atoms with Crippen molar-refractivity contribution in [3.8, 4) is 0 Å². The van der Waals surface area contributed by atoms with Gasteiger partial charge >= 0.3 is 0 Å². The molecule has 0 N–H and O–H groups in total. The number of Topliss-reactive ketones (excluding diaryl/α,β-unsaturated/α-hetero) is 1. The van der Waals surface area contributed by atoms with E-state index < -0.39 is 0 Å². The first-order valence-corrected chi connectivity index (χ1v) is 6.68. The molecule has 0 aliphatic heterocycles. The summed E-state index contributed by atoms with van der Waals surface area (Å²) in [4.78, 5) is 11.5. The van der Waals surface area contributed by atoms with Gasteiger partial charge in [-0.15, -0.1) is 0 Å². The zero-order chi connectivity index (χ0) is 12.5. The minimum absolute atomic E-state index is 0.240. The highest BCUT2D eigenvalue weighted by atomic mass is 16.5. The summed E-state index contributed by atoms with van der Waals surface area (Å²) in [6, 6.07) is 0. The zero-order valence-electron chi connectivity index (χ0n) is 11.1. The van der Waals surface area contributed by atoms with Crippen LogP contribution in [0, 0.1) is 5.92 Å². The Morgan fingerprint density at radius 1 is 1.35 bits per heavy atom. The van der Waals surface area contributed by atoms with E-state index in [0.29, 0.717) is 18.9 Å². The van der Waals surface area contributed by atoms with Gasteiger partial charge < -0.3 is 4.74 Å². The molecule has 0 aromatic carbocycles. The predicted octanol–water partition coefficient (Wildman–Crippen LogP) is 3.67. The van der Waals surface area contributed by atoms with Gasteiger partial charge in [-0.1, -0.05) is 50.0 Å². The quantitative estimate of drug-likeness (QED) is 0.571. The minimum atomic E-state index is 0.240. The maximum absolute atomic E-state index is 11.5. The Hall–Kier alpha value is -0.890. The first kappa shape index (κ1) is 14.2. The predicted molar refractivity (Wildman–Crippen MR) is 71.0 cm³/mol. The molecular formula is C15H24O2. The van der Waals surface area contributed by atoms with Gasteiger partial charge in [0.1, 0.15) is 6.61 Å². The van der Waals surface area contributed by atoms with Gasteiger partial charge in [-0.3, -0.25) is 4.79 Å². The fourth-order valence-electron chi connectivity index (χ4n) is 1.92. The second-order valence-corrected chi connectivity index (χ2v) is 4.77. The lowest BCUT2D eigenvalue weighted by Gasteiger charge is -2.10. The Morgan fingerprint density at radius 3 is 2.82 bits per heavy atom. The number of unbranched alkanes of at least 4 members (excludes halogenated alkanes) is 3. The summed E-state index contributed by atoms with van der Waals surface area (Å²) in [7, 11) is 0. The van der Waals surface area contributed by atoms with Crippen LogP contribution < -0.4 is 0 Å². The molecule has 0 heterocycles. The Labute approximate surface area is 105 Å². The third kappa shape index (κ3) is 5.83. The number of allylic oxidation sites excluding steroid dienone is 2. The molecule has 96 valence electrons. The van der Waals surface area contributed by atoms with E-state index in [2.05, 4.69) is 32.1 Å².